The van der Waals surface area contributed by atoms with Crippen LogP contribution in [0.15, 0.2) is 41.2 Å². The number of nitrogens with zero attached hydrogens (tertiary/aromatic N) is 6. The van der Waals surface area contributed by atoms with Crippen molar-refractivity contribution in [1.29, 1.82) is 0 Å². The van der Waals surface area contributed by atoms with Crippen molar-refractivity contribution < 1.29 is 31.6 Å². The first-order chi connectivity index (χ1) is 18.4. The van der Waals surface area contributed by atoms with Crippen LogP contribution in [0.2, 0.25) is 10.0 Å². The lowest BCUT2D eigenvalue weighted by atomic mass is 9.71. The summed E-state index contributed by atoms with van der Waals surface area (Å²) in [6, 6.07) is 3.30. The molecule has 0 radical (unpaired) electrons. The smallest absolute Gasteiger partial charge is 0.349 e. The molecule has 3 fully saturated rings. The zero-order chi connectivity index (χ0) is 27.7. The van der Waals surface area contributed by atoms with E-state index < -0.39 is 58.8 Å². The van der Waals surface area contributed by atoms with Gasteiger partial charge in [-0.05, 0) is 12.1 Å². The molecule has 204 valence electrons. The van der Waals surface area contributed by atoms with E-state index in [4.69, 9.17) is 27.6 Å². The van der Waals surface area contributed by atoms with Crippen LogP contribution in [-0.4, -0.2) is 73.9 Å². The van der Waals surface area contributed by atoms with Crippen LogP contribution in [0.5, 0.6) is 0 Å². The fourth-order valence-corrected chi connectivity index (χ4v) is 5.54. The molecule has 15 heteroatoms. The molecule has 39 heavy (non-hydrogen) atoms. The van der Waals surface area contributed by atoms with E-state index in [0.29, 0.717) is 0 Å². The molecular formula is C24H18Cl2F4N6O3. The first kappa shape index (κ1) is 25.9. The average Bonchev–Trinajstić information content (AvgIpc) is 3.24. The normalized spacial score (nSPS) is 23.1. The third-order valence-corrected chi connectivity index (χ3v) is 8.19. The Kier molecular flexibility index (Phi) is 5.88. The molecular weight excluding hydrogens is 567 g/mol. The topological polar surface area (TPSA) is 105 Å². The summed E-state index contributed by atoms with van der Waals surface area (Å²) in [5.41, 5.74) is -1.31. The van der Waals surface area contributed by atoms with Gasteiger partial charge in [0.2, 0.25) is 11.8 Å². The summed E-state index contributed by atoms with van der Waals surface area (Å²) in [5.74, 6) is -11.2. The monoisotopic (exact) mass is 584 g/mol. The van der Waals surface area contributed by atoms with Crippen molar-refractivity contribution in [3.8, 4) is 0 Å². The average molecular weight is 585 g/mol. The number of benzene rings is 1. The van der Waals surface area contributed by atoms with Crippen LogP contribution in [0.4, 0.5) is 17.6 Å². The Hall–Kier alpha value is -3.32. The number of alkyl halides is 4. The molecule has 3 aromatic rings. The van der Waals surface area contributed by atoms with E-state index >= 15 is 8.78 Å². The van der Waals surface area contributed by atoms with Gasteiger partial charge in [0.1, 0.15) is 11.6 Å². The molecule has 1 aromatic carbocycles. The van der Waals surface area contributed by atoms with Gasteiger partial charge < -0.3 is 14.2 Å². The van der Waals surface area contributed by atoms with Gasteiger partial charge in [-0.2, -0.15) is 8.78 Å². The molecule has 1 spiro atoms. The molecule has 2 amide bonds. The summed E-state index contributed by atoms with van der Waals surface area (Å²) in [5, 5.41) is 7.46. The second kappa shape index (κ2) is 8.85. The van der Waals surface area contributed by atoms with Crippen LogP contribution >= 0.6 is 23.2 Å². The molecule has 4 heterocycles. The highest BCUT2D eigenvalue weighted by Crippen LogP contribution is 2.54. The first-order valence-corrected chi connectivity index (χ1v) is 12.6. The van der Waals surface area contributed by atoms with Gasteiger partial charge in [-0.25, -0.2) is 13.8 Å². The summed E-state index contributed by atoms with van der Waals surface area (Å²) in [6.07, 6.45) is 3.54. The summed E-state index contributed by atoms with van der Waals surface area (Å²) in [4.78, 5) is 36.3. The van der Waals surface area contributed by atoms with Crippen LogP contribution in [0.25, 0.3) is 0 Å². The van der Waals surface area contributed by atoms with Gasteiger partial charge in [0, 0.05) is 56.0 Å². The second-order valence-corrected chi connectivity index (χ2v) is 10.9. The number of aromatic nitrogens is 4. The SMILES string of the molecule is O=C(c1cnccn1)N1CC(c2nnc(C(F)(F)c3ccc(Cl)c(Cl)c3)o2)C2(C1)CN(C(=O)[C@H]1CC1(F)F)C2. The standard InChI is InChI=1S/C24H18Cl2F4N6O3/c25-15-2-1-12(5-16(15)26)24(29,30)21-34-33-18(39-21)14-8-35(20(38)17-7-31-3-4-32-17)9-22(14)10-36(11-22)19(37)13-6-23(13,27)28/h1-5,7,13-14H,6,8-11H2/t13-,14?/m1/s1. The van der Waals surface area contributed by atoms with Crippen LogP contribution in [0.3, 0.4) is 0 Å². The number of halogens is 6. The van der Waals surface area contributed by atoms with Gasteiger partial charge in [-0.1, -0.05) is 29.3 Å². The first-order valence-electron chi connectivity index (χ1n) is 11.8. The Bertz CT molecular complexity index is 1470. The van der Waals surface area contributed by atoms with Crippen LogP contribution < -0.4 is 0 Å². The zero-order valence-electron chi connectivity index (χ0n) is 19.8. The maximum Gasteiger partial charge on any atom is 0.349 e. The van der Waals surface area contributed by atoms with Crippen molar-refractivity contribution in [1.82, 2.24) is 30.0 Å². The van der Waals surface area contributed by atoms with Crippen molar-refractivity contribution in [3.05, 3.63) is 69.9 Å². The molecule has 0 bridgehead atoms. The van der Waals surface area contributed by atoms with Gasteiger partial charge >= 0.3 is 5.92 Å². The maximum atomic E-state index is 15.2. The number of hydrogen-bond donors (Lipinski definition) is 0. The summed E-state index contributed by atoms with van der Waals surface area (Å²) >= 11 is 11.7. The fourth-order valence-electron chi connectivity index (χ4n) is 5.24. The van der Waals surface area contributed by atoms with Crippen LogP contribution in [0, 0.1) is 11.3 Å². The van der Waals surface area contributed by atoms with E-state index in [0.717, 1.165) is 12.1 Å². The Labute approximate surface area is 228 Å². The van der Waals surface area contributed by atoms with E-state index in [1.807, 2.05) is 0 Å². The minimum absolute atomic E-state index is 0.00297. The van der Waals surface area contributed by atoms with Gasteiger partial charge in [-0.15, -0.1) is 10.2 Å². The maximum absolute atomic E-state index is 15.2. The molecule has 1 unspecified atom stereocenters. The molecule has 9 nitrogen and oxygen atoms in total. The number of rotatable bonds is 5. The molecule has 6 rings (SSSR count). The van der Waals surface area contributed by atoms with E-state index in [-0.39, 0.29) is 47.8 Å². The highest BCUT2D eigenvalue weighted by molar-refractivity contribution is 6.42. The largest absolute Gasteiger partial charge is 0.419 e. The van der Waals surface area contributed by atoms with Crippen LogP contribution in [0.1, 0.15) is 40.2 Å². The van der Waals surface area contributed by atoms with Crippen LogP contribution in [-0.2, 0) is 10.7 Å². The Morgan fingerprint density at radius 1 is 1.05 bits per heavy atom. The lowest BCUT2D eigenvalue weighted by Gasteiger charge is -2.50. The van der Waals surface area contributed by atoms with Crippen molar-refractivity contribution >= 4 is 35.0 Å². The predicted octanol–water partition coefficient (Wildman–Crippen LogP) is 4.03. The second-order valence-electron chi connectivity index (χ2n) is 10.1. The summed E-state index contributed by atoms with van der Waals surface area (Å²) < 4.78 is 63.0. The quantitative estimate of drug-likeness (QED) is 0.417. The molecule has 2 aromatic heterocycles. The van der Waals surface area contributed by atoms with E-state index in [1.165, 1.54) is 34.5 Å². The van der Waals surface area contributed by atoms with Crippen molar-refractivity contribution in [2.24, 2.45) is 11.3 Å². The lowest BCUT2D eigenvalue weighted by Crippen LogP contribution is -2.62. The molecule has 2 aliphatic heterocycles. The fraction of sp³-hybridized carbons (Fsp3) is 0.417. The van der Waals surface area contributed by atoms with E-state index in [2.05, 4.69) is 20.2 Å². The molecule has 1 saturated carbocycles. The Morgan fingerprint density at radius 3 is 2.41 bits per heavy atom. The lowest BCUT2D eigenvalue weighted by molar-refractivity contribution is -0.147. The zero-order valence-corrected chi connectivity index (χ0v) is 21.3. The van der Waals surface area contributed by atoms with Gasteiger partial charge in [0.05, 0.1) is 22.2 Å². The highest BCUT2D eigenvalue weighted by Gasteiger charge is 2.66. The third kappa shape index (κ3) is 4.31. The third-order valence-electron chi connectivity index (χ3n) is 7.45. The molecule has 2 saturated heterocycles. The number of hydrogen-bond acceptors (Lipinski definition) is 7. The number of carbonyl (C=O) groups is 2. The van der Waals surface area contributed by atoms with Crippen molar-refractivity contribution in [2.75, 3.05) is 26.2 Å². The number of amides is 2. The summed E-state index contributed by atoms with van der Waals surface area (Å²) in [6.45, 7) is 0.137. The van der Waals surface area contributed by atoms with E-state index in [9.17, 15) is 18.4 Å². The van der Waals surface area contributed by atoms with Crippen molar-refractivity contribution in [2.45, 2.75) is 24.2 Å². The number of likely N-dealkylation sites (tertiary alicyclic amines) is 2. The molecule has 0 N–H and O–H groups in total. The molecule has 3 aliphatic rings. The van der Waals surface area contributed by atoms with Gasteiger partial charge in [0.15, 0.2) is 0 Å². The summed E-state index contributed by atoms with van der Waals surface area (Å²) in [7, 11) is 0. The highest BCUT2D eigenvalue weighted by atomic mass is 35.5. The van der Waals surface area contributed by atoms with Crippen molar-refractivity contribution in [3.63, 3.8) is 0 Å². The van der Waals surface area contributed by atoms with Gasteiger partial charge in [-0.3, -0.25) is 14.6 Å². The molecule has 1 aliphatic carbocycles. The minimum Gasteiger partial charge on any atom is -0.419 e. The number of carbonyl (C=O) groups excluding carboxylic acids is 2. The van der Waals surface area contributed by atoms with E-state index in [1.54, 1.807) is 0 Å². The predicted molar refractivity (Wildman–Crippen MR) is 126 cm³/mol. The Morgan fingerprint density at radius 2 is 1.77 bits per heavy atom. The minimum atomic E-state index is -3.71. The Balaban J connectivity index is 1.28. The van der Waals surface area contributed by atoms with Gasteiger partial charge in [0.25, 0.3) is 17.7 Å². The molecule has 2 atom stereocenters.